The van der Waals surface area contributed by atoms with E-state index >= 15 is 0 Å². The Hall–Kier alpha value is -1.58. The van der Waals surface area contributed by atoms with Crippen molar-refractivity contribution in [3.8, 4) is 0 Å². The third kappa shape index (κ3) is 4.85. The number of rotatable bonds is 5. The lowest BCUT2D eigenvalue weighted by Gasteiger charge is -2.12. The second-order valence-electron chi connectivity index (χ2n) is 4.26. The van der Waals surface area contributed by atoms with Gasteiger partial charge in [0.15, 0.2) is 0 Å². The highest BCUT2D eigenvalue weighted by molar-refractivity contribution is 5.83. The van der Waals surface area contributed by atoms with E-state index in [-0.39, 0.29) is 5.82 Å². The first kappa shape index (κ1) is 13.5. The second-order valence-corrected chi connectivity index (χ2v) is 4.26. The second kappa shape index (κ2) is 6.89. The Labute approximate surface area is 102 Å². The Kier molecular flexibility index (Phi) is 5.46. The molecule has 0 saturated carbocycles. The number of hydrogen-bond acceptors (Lipinski definition) is 2. The number of benzene rings is 1. The van der Waals surface area contributed by atoms with Gasteiger partial charge in [0.25, 0.3) is 0 Å². The summed E-state index contributed by atoms with van der Waals surface area (Å²) < 4.78 is 13.3. The minimum atomic E-state index is -0.278. The minimum absolute atomic E-state index is 0.278. The van der Waals surface area contributed by atoms with Crippen LogP contribution in [0.5, 0.6) is 0 Å². The molecule has 0 saturated heterocycles. The van der Waals surface area contributed by atoms with E-state index in [0.717, 1.165) is 18.8 Å². The van der Waals surface area contributed by atoms with Crippen LogP contribution in [0.2, 0.25) is 0 Å². The Morgan fingerprint density at radius 1 is 1.35 bits per heavy atom. The van der Waals surface area contributed by atoms with Crippen LogP contribution in [0.1, 0.15) is 27.2 Å². The normalized spacial score (nSPS) is 11.7. The lowest BCUT2D eigenvalue weighted by atomic mass is 10.2. The zero-order valence-electron chi connectivity index (χ0n) is 10.6. The quantitative estimate of drug-likeness (QED) is 0.468. The molecular weight excluding hydrogens is 217 g/mol. The Morgan fingerprint density at radius 2 is 2.06 bits per heavy atom. The highest BCUT2D eigenvalue weighted by Crippen LogP contribution is 2.10. The average Bonchev–Trinajstić information content (AvgIpc) is 2.31. The molecule has 0 atom stereocenters. The zero-order valence-corrected chi connectivity index (χ0v) is 10.6. The Bertz CT molecular complexity index is 375. The summed E-state index contributed by atoms with van der Waals surface area (Å²) in [5.74, 6) is 1.08. The van der Waals surface area contributed by atoms with Crippen molar-refractivity contribution in [2.75, 3.05) is 12.0 Å². The van der Waals surface area contributed by atoms with Crippen molar-refractivity contribution in [1.29, 1.82) is 0 Å². The standard InChI is InChI=1S/C13H20FN3/c1-4-13(15-9-10(2)3)17-16-12-8-6-5-7-11(12)14/h5-8,10,16H,4,9H2,1-3H3,(H,15,17). The molecule has 0 heterocycles. The molecular formula is C13H20FN3. The number of hydrazine groups is 1. The molecule has 0 amide bonds. The van der Waals surface area contributed by atoms with Gasteiger partial charge in [0.05, 0.1) is 5.69 Å². The fourth-order valence-corrected chi connectivity index (χ4v) is 1.23. The maximum Gasteiger partial charge on any atom is 0.148 e. The van der Waals surface area contributed by atoms with E-state index in [1.807, 2.05) is 6.92 Å². The van der Waals surface area contributed by atoms with Gasteiger partial charge in [-0.3, -0.25) is 15.8 Å². The maximum atomic E-state index is 13.3. The summed E-state index contributed by atoms with van der Waals surface area (Å²) in [5, 5.41) is 0. The van der Waals surface area contributed by atoms with Crippen LogP contribution in [0, 0.1) is 11.7 Å². The van der Waals surface area contributed by atoms with Crippen molar-refractivity contribution < 1.29 is 4.39 Å². The molecule has 4 heteroatoms. The lowest BCUT2D eigenvalue weighted by Crippen LogP contribution is -2.29. The molecule has 17 heavy (non-hydrogen) atoms. The van der Waals surface area contributed by atoms with Crippen LogP contribution in [0.15, 0.2) is 29.3 Å². The van der Waals surface area contributed by atoms with Crippen LogP contribution in [-0.2, 0) is 0 Å². The predicted molar refractivity (Wildman–Crippen MR) is 70.6 cm³/mol. The van der Waals surface area contributed by atoms with Crippen LogP contribution in [0.25, 0.3) is 0 Å². The molecule has 1 rings (SSSR count). The molecule has 1 aromatic rings. The highest BCUT2D eigenvalue weighted by atomic mass is 19.1. The largest absolute Gasteiger partial charge is 0.297 e. The third-order valence-electron chi connectivity index (χ3n) is 2.20. The number of para-hydroxylation sites is 1. The third-order valence-corrected chi connectivity index (χ3v) is 2.20. The van der Waals surface area contributed by atoms with Crippen LogP contribution in [0.3, 0.4) is 0 Å². The van der Waals surface area contributed by atoms with Gasteiger partial charge in [-0.2, -0.15) is 0 Å². The monoisotopic (exact) mass is 237 g/mol. The van der Waals surface area contributed by atoms with Gasteiger partial charge in [-0.05, 0) is 18.1 Å². The van der Waals surface area contributed by atoms with Gasteiger partial charge in [0.1, 0.15) is 11.7 Å². The fraction of sp³-hybridized carbons (Fsp3) is 0.462. The molecule has 0 radical (unpaired) electrons. The Morgan fingerprint density at radius 3 is 2.65 bits per heavy atom. The molecule has 0 aliphatic heterocycles. The maximum absolute atomic E-state index is 13.3. The number of aliphatic imine (C=N–C) groups is 1. The first-order valence-corrected chi connectivity index (χ1v) is 5.93. The molecule has 0 fully saturated rings. The van der Waals surface area contributed by atoms with Crippen LogP contribution in [-0.4, -0.2) is 12.4 Å². The van der Waals surface area contributed by atoms with E-state index in [0.29, 0.717) is 11.6 Å². The summed E-state index contributed by atoms with van der Waals surface area (Å²) in [6.45, 7) is 7.01. The lowest BCUT2D eigenvalue weighted by molar-refractivity contribution is 0.629. The van der Waals surface area contributed by atoms with Crippen molar-refractivity contribution in [2.45, 2.75) is 27.2 Å². The van der Waals surface area contributed by atoms with E-state index in [2.05, 4.69) is 29.7 Å². The van der Waals surface area contributed by atoms with Crippen molar-refractivity contribution >= 4 is 11.5 Å². The van der Waals surface area contributed by atoms with E-state index in [1.54, 1.807) is 18.2 Å². The topological polar surface area (TPSA) is 36.4 Å². The summed E-state index contributed by atoms with van der Waals surface area (Å²) in [6, 6.07) is 6.54. The number of anilines is 1. The van der Waals surface area contributed by atoms with Gasteiger partial charge in [-0.1, -0.05) is 32.9 Å². The number of nitrogens with one attached hydrogen (secondary N) is 2. The molecule has 0 aliphatic carbocycles. The first-order chi connectivity index (χ1) is 8.13. The molecule has 0 bridgehead atoms. The SMILES string of the molecule is CCC(=NCC(C)C)NNc1ccccc1F. The summed E-state index contributed by atoms with van der Waals surface area (Å²) in [5.41, 5.74) is 6.20. The molecule has 2 N–H and O–H groups in total. The van der Waals surface area contributed by atoms with E-state index in [9.17, 15) is 4.39 Å². The van der Waals surface area contributed by atoms with Gasteiger partial charge in [-0.25, -0.2) is 4.39 Å². The van der Waals surface area contributed by atoms with Crippen LogP contribution in [0.4, 0.5) is 10.1 Å². The first-order valence-electron chi connectivity index (χ1n) is 5.93. The van der Waals surface area contributed by atoms with Crippen molar-refractivity contribution in [3.05, 3.63) is 30.1 Å². The van der Waals surface area contributed by atoms with Gasteiger partial charge in [0.2, 0.25) is 0 Å². The molecule has 0 aromatic heterocycles. The summed E-state index contributed by atoms with van der Waals surface area (Å²) >= 11 is 0. The summed E-state index contributed by atoms with van der Waals surface area (Å²) in [4.78, 5) is 4.41. The van der Waals surface area contributed by atoms with Crippen molar-refractivity contribution in [2.24, 2.45) is 10.9 Å². The summed E-state index contributed by atoms with van der Waals surface area (Å²) in [6.07, 6.45) is 0.786. The van der Waals surface area contributed by atoms with E-state index in [1.165, 1.54) is 6.07 Å². The molecule has 1 aromatic carbocycles. The number of halogens is 1. The highest BCUT2D eigenvalue weighted by Gasteiger charge is 2.00. The van der Waals surface area contributed by atoms with Gasteiger partial charge in [-0.15, -0.1) is 0 Å². The van der Waals surface area contributed by atoms with Gasteiger partial charge in [0, 0.05) is 13.0 Å². The number of nitrogens with zero attached hydrogens (tertiary/aromatic N) is 1. The molecule has 0 spiro atoms. The Balaban J connectivity index is 2.53. The summed E-state index contributed by atoms with van der Waals surface area (Å²) in [7, 11) is 0. The molecule has 0 unspecified atom stereocenters. The van der Waals surface area contributed by atoms with E-state index < -0.39 is 0 Å². The number of hydrogen-bond donors (Lipinski definition) is 2. The molecule has 94 valence electrons. The minimum Gasteiger partial charge on any atom is -0.297 e. The fourth-order valence-electron chi connectivity index (χ4n) is 1.23. The smallest absolute Gasteiger partial charge is 0.148 e. The zero-order chi connectivity index (χ0) is 12.7. The van der Waals surface area contributed by atoms with Crippen LogP contribution < -0.4 is 10.9 Å². The predicted octanol–water partition coefficient (Wildman–Crippen LogP) is 3.21. The number of amidine groups is 1. The average molecular weight is 237 g/mol. The van der Waals surface area contributed by atoms with Crippen molar-refractivity contribution in [3.63, 3.8) is 0 Å². The van der Waals surface area contributed by atoms with Crippen molar-refractivity contribution in [1.82, 2.24) is 5.43 Å². The van der Waals surface area contributed by atoms with Gasteiger partial charge >= 0.3 is 0 Å². The van der Waals surface area contributed by atoms with Gasteiger partial charge < -0.3 is 0 Å². The van der Waals surface area contributed by atoms with Crippen LogP contribution >= 0.6 is 0 Å². The molecule has 3 nitrogen and oxygen atoms in total. The molecule has 0 aliphatic rings. The van der Waals surface area contributed by atoms with E-state index in [4.69, 9.17) is 0 Å².